The highest BCUT2D eigenvalue weighted by Crippen LogP contribution is 2.72. The number of hydrogen-bond donors (Lipinski definition) is 0. The molecular weight excluding hydrogens is 1370 g/mol. The van der Waals surface area contributed by atoms with Crippen molar-refractivity contribution in [2.45, 2.75) is 347 Å². The molecule has 0 radical (unpaired) electrons. The Hall–Kier alpha value is -7.80. The van der Waals surface area contributed by atoms with E-state index < -0.39 is 0 Å². The van der Waals surface area contributed by atoms with Gasteiger partial charge in [-0.15, -0.1) is 0 Å². The summed E-state index contributed by atoms with van der Waals surface area (Å²) in [7, 11) is 0. The summed E-state index contributed by atoms with van der Waals surface area (Å²) in [5.41, 5.74) is 44.8. The number of hydrogen-bond acceptors (Lipinski definition) is 0. The maximum absolute atomic E-state index is 2.79. The molecule has 0 saturated heterocycles. The predicted molar refractivity (Wildman–Crippen MR) is 494 cm³/mol. The van der Waals surface area contributed by atoms with Crippen LogP contribution in [-0.2, 0) is 32.5 Å². The molecule has 0 aromatic heterocycles. The molecule has 0 amide bonds. The fraction of sp³-hybridized carbons (Fsp3) is 0.474. The van der Waals surface area contributed by atoms with Crippen LogP contribution < -0.4 is 0 Å². The second kappa shape index (κ2) is 33.7. The average molecular weight is 1510 g/mol. The van der Waals surface area contributed by atoms with Crippen molar-refractivity contribution >= 4 is 0 Å². The largest absolute Gasteiger partial charge is 0.0654 e. The number of benzene rings is 10. The molecule has 0 nitrogen and oxygen atoms in total. The first-order valence-electron chi connectivity index (χ1n) is 47.4. The zero-order chi connectivity index (χ0) is 79.0. The Morgan fingerprint density at radius 2 is 0.368 bits per heavy atom. The Bertz CT molecular complexity index is 5080. The van der Waals surface area contributed by atoms with Crippen LogP contribution in [0.2, 0.25) is 0 Å². The Balaban J connectivity index is 0.907. The molecule has 6 aliphatic carbocycles. The van der Waals surface area contributed by atoms with E-state index in [2.05, 4.69) is 265 Å². The zero-order valence-corrected chi connectivity index (χ0v) is 72.8. The normalized spacial score (nSPS) is 16.0. The molecule has 0 saturated carbocycles. The molecular formula is C114H138. The van der Waals surface area contributed by atoms with Crippen molar-refractivity contribution in [1.82, 2.24) is 0 Å². The quantitative estimate of drug-likeness (QED) is 0.0337. The van der Waals surface area contributed by atoms with Gasteiger partial charge in [-0.2, -0.15) is 0 Å². The molecule has 16 rings (SSSR count). The van der Waals surface area contributed by atoms with Gasteiger partial charge in [0.05, 0.1) is 0 Å². The van der Waals surface area contributed by atoms with Gasteiger partial charge >= 0.3 is 0 Å². The van der Waals surface area contributed by atoms with Crippen LogP contribution in [0, 0.1) is 0 Å². The summed E-state index contributed by atoms with van der Waals surface area (Å²) >= 11 is 0. The zero-order valence-electron chi connectivity index (χ0n) is 72.8. The summed E-state index contributed by atoms with van der Waals surface area (Å²) in [5, 5.41) is 0. The summed E-state index contributed by atoms with van der Waals surface area (Å²) in [6.45, 7) is 29.7. The second-order valence-electron chi connectivity index (χ2n) is 36.9. The van der Waals surface area contributed by atoms with Gasteiger partial charge in [-0.3, -0.25) is 0 Å². The lowest BCUT2D eigenvalue weighted by Crippen LogP contribution is -2.32. The number of fused-ring (bicyclic) bond motifs is 21. The van der Waals surface area contributed by atoms with Crippen molar-refractivity contribution in [1.29, 1.82) is 0 Å². The third-order valence-corrected chi connectivity index (χ3v) is 31.5. The first-order chi connectivity index (χ1) is 55.9. The highest BCUT2D eigenvalue weighted by atomic mass is 14.6. The van der Waals surface area contributed by atoms with Gasteiger partial charge in [-0.1, -0.05) is 383 Å². The molecule has 0 heteroatoms. The second-order valence-corrected chi connectivity index (χ2v) is 36.9. The van der Waals surface area contributed by atoms with Gasteiger partial charge in [0.25, 0.3) is 0 Å². The Morgan fingerprint density at radius 1 is 0.167 bits per heavy atom. The van der Waals surface area contributed by atoms with E-state index >= 15 is 0 Å². The van der Waals surface area contributed by atoms with Crippen molar-refractivity contribution in [3.63, 3.8) is 0 Å². The van der Waals surface area contributed by atoms with Crippen molar-refractivity contribution in [3.05, 3.63) is 249 Å². The van der Waals surface area contributed by atoms with Gasteiger partial charge in [-0.25, -0.2) is 0 Å². The van der Waals surface area contributed by atoms with Crippen LogP contribution in [0.5, 0.6) is 0 Å². The third kappa shape index (κ3) is 12.7. The van der Waals surface area contributed by atoms with Crippen LogP contribution in [0.3, 0.4) is 0 Å². The molecule has 0 N–H and O–H groups in total. The van der Waals surface area contributed by atoms with E-state index in [0.29, 0.717) is 0 Å². The monoisotopic (exact) mass is 1510 g/mol. The van der Waals surface area contributed by atoms with E-state index in [0.717, 1.165) is 38.5 Å². The van der Waals surface area contributed by atoms with Crippen molar-refractivity contribution < 1.29 is 0 Å². The summed E-state index contributed by atoms with van der Waals surface area (Å²) in [5.74, 6) is 0. The third-order valence-electron chi connectivity index (χ3n) is 31.5. The summed E-state index contributed by atoms with van der Waals surface area (Å²) in [6, 6.07) is 76.5. The van der Waals surface area contributed by atoms with E-state index in [9.17, 15) is 0 Å². The first kappa shape index (κ1) is 80.0. The van der Waals surface area contributed by atoms with E-state index in [1.807, 2.05) is 0 Å². The van der Waals surface area contributed by atoms with E-state index in [1.54, 1.807) is 83.5 Å². The van der Waals surface area contributed by atoms with Gasteiger partial charge in [0.2, 0.25) is 0 Å². The van der Waals surface area contributed by atoms with Crippen LogP contribution in [0.4, 0.5) is 0 Å². The van der Waals surface area contributed by atoms with E-state index in [4.69, 9.17) is 0 Å². The predicted octanol–water partition coefficient (Wildman–Crippen LogP) is 34.6. The number of unbranched alkanes of at least 4 members (excludes halogenated alkanes) is 18. The Kier molecular flexibility index (Phi) is 23.6. The van der Waals surface area contributed by atoms with Crippen LogP contribution in [0.1, 0.15) is 381 Å². The van der Waals surface area contributed by atoms with Crippen molar-refractivity contribution in [2.24, 2.45) is 0 Å². The topological polar surface area (TPSA) is 0 Å². The minimum Gasteiger partial charge on any atom is -0.0654 e. The van der Waals surface area contributed by atoms with Crippen LogP contribution in [0.15, 0.2) is 182 Å². The number of rotatable bonds is 39. The maximum atomic E-state index is 2.79. The van der Waals surface area contributed by atoms with Crippen LogP contribution in [-0.4, -0.2) is 0 Å². The highest BCUT2D eigenvalue weighted by Gasteiger charge is 2.57. The molecule has 6 aliphatic rings. The van der Waals surface area contributed by atoms with Gasteiger partial charge in [0.15, 0.2) is 0 Å². The highest BCUT2D eigenvalue weighted by molar-refractivity contribution is 6.07. The molecule has 0 aliphatic heterocycles. The molecule has 0 bridgehead atoms. The summed E-state index contributed by atoms with van der Waals surface area (Å²) < 4.78 is 0. The molecule has 0 heterocycles. The lowest BCUT2D eigenvalue weighted by Gasteiger charge is -2.39. The van der Waals surface area contributed by atoms with Gasteiger partial charge < -0.3 is 0 Å². The lowest BCUT2D eigenvalue weighted by atomic mass is 9.63. The summed E-state index contributed by atoms with van der Waals surface area (Å²) in [6.07, 6.45) is 44.5. The smallest absolute Gasteiger partial charge is 0.0216 e. The molecule has 0 fully saturated rings. The molecule has 10 aromatic carbocycles. The molecule has 10 aromatic rings. The molecule has 0 spiro atoms. The van der Waals surface area contributed by atoms with Gasteiger partial charge in [0, 0.05) is 32.5 Å². The van der Waals surface area contributed by atoms with Gasteiger partial charge in [0.1, 0.15) is 0 Å². The first-order valence-corrected chi connectivity index (χ1v) is 47.4. The van der Waals surface area contributed by atoms with Crippen molar-refractivity contribution in [2.75, 3.05) is 0 Å². The summed E-state index contributed by atoms with van der Waals surface area (Å²) in [4.78, 5) is 0. The molecule has 114 heavy (non-hydrogen) atoms. The molecule has 0 unspecified atom stereocenters. The lowest BCUT2D eigenvalue weighted by molar-refractivity contribution is 0.401. The Labute approximate surface area is 691 Å². The Morgan fingerprint density at radius 3 is 0.623 bits per heavy atom. The molecule has 594 valence electrons. The molecule has 0 atom stereocenters. The SMILES string of the molecule is CCCCCCC1(CCCCCC)c2ccccc2-c2ccc(-c3ccc4c(c3)C(CC)(CC)c3c-4c4c(c5c3-c3ccc(-c6ccc7c(c6)C(CCCCCC)(CCCCCC)c6ccccc6-7)cc3C5(CC)CC)C(CC)(CC)c3cc(-c5ccc6c(c5)C(CCCCCC)(CCCCCC)c5ccccc5-6)ccc3-4)cc21. The van der Waals surface area contributed by atoms with Gasteiger partial charge in [-0.05, 0) is 280 Å². The maximum Gasteiger partial charge on any atom is 0.0216 e. The van der Waals surface area contributed by atoms with E-state index in [1.165, 1.54) is 276 Å². The fourth-order valence-electron chi connectivity index (χ4n) is 25.4. The van der Waals surface area contributed by atoms with Crippen LogP contribution >= 0.6 is 0 Å². The minimum absolute atomic E-state index is 0.0161. The fourth-order valence-corrected chi connectivity index (χ4v) is 25.4. The van der Waals surface area contributed by atoms with E-state index in [-0.39, 0.29) is 32.5 Å². The average Bonchev–Trinajstić information content (AvgIpc) is 1.48. The minimum atomic E-state index is -0.236. The van der Waals surface area contributed by atoms with Crippen LogP contribution in [0.25, 0.3) is 100 Å². The standard InChI is InChI=1S/C114H138/c1-13-25-31-43-67-112(68-44-32-26-14-2)94-52-40-37-49-85(94)88-61-55-79(73-97(88)112)82-58-64-91-100(76-82)109(19-7,20-8)106-103(91)104-92-65-59-83(80-56-62-89-86-50-38-41-53-95(86)113(98(89)74-80,69-45-33-27-15-3)70-46-34-28-16-4)77-101(92)110(21-9,22-10)107(104)108-105(106)93-66-60-84(78-102(93)111(108,23-11)24-12)81-57-63-90-87-51-39-42-54-96(87)114(99(90)75-81,71-47-35-29-17-5)72-48-36-30-18-6/h37-42,49-66,73-78H,13-36,43-48,67-72H2,1-12H3. The van der Waals surface area contributed by atoms with Crippen molar-refractivity contribution in [3.8, 4) is 100 Å².